The highest BCUT2D eigenvalue weighted by molar-refractivity contribution is 5.93. The van der Waals surface area contributed by atoms with Crippen molar-refractivity contribution in [2.45, 2.75) is 78.0 Å². The molecule has 1 fully saturated rings. The highest BCUT2D eigenvalue weighted by atomic mass is 16.5. The van der Waals surface area contributed by atoms with Gasteiger partial charge in [0.1, 0.15) is 5.75 Å². The average molecular weight is 453 g/mol. The predicted octanol–water partition coefficient (Wildman–Crippen LogP) is 5.32. The number of aliphatic carboxylic acids is 1. The summed E-state index contributed by atoms with van der Waals surface area (Å²) in [6.45, 7) is 8.11. The Morgan fingerprint density at radius 2 is 1.73 bits per heavy atom. The van der Waals surface area contributed by atoms with Crippen LogP contribution < -0.4 is 10.1 Å². The summed E-state index contributed by atoms with van der Waals surface area (Å²) < 4.78 is 5.61. The van der Waals surface area contributed by atoms with Gasteiger partial charge in [-0.3, -0.25) is 9.69 Å². The lowest BCUT2D eigenvalue weighted by Gasteiger charge is -2.34. The van der Waals surface area contributed by atoms with Gasteiger partial charge in [-0.15, -0.1) is 0 Å². The molecule has 0 atom stereocenters. The molecule has 1 aliphatic rings. The van der Waals surface area contributed by atoms with Gasteiger partial charge in [-0.1, -0.05) is 49.1 Å². The largest absolute Gasteiger partial charge is 0.478 e. The summed E-state index contributed by atoms with van der Waals surface area (Å²) in [6.07, 6.45) is 5.84. The molecule has 1 amide bonds. The zero-order valence-corrected chi connectivity index (χ0v) is 20.2. The molecule has 178 valence electrons. The van der Waals surface area contributed by atoms with E-state index in [4.69, 9.17) is 4.74 Å². The van der Waals surface area contributed by atoms with Crippen LogP contribution in [0, 0.1) is 13.8 Å². The molecular weight excluding hydrogens is 416 g/mol. The summed E-state index contributed by atoms with van der Waals surface area (Å²) in [4.78, 5) is 26.5. The molecular formula is C27H36N2O4. The van der Waals surface area contributed by atoms with Gasteiger partial charge in [0, 0.05) is 18.3 Å². The molecule has 1 aliphatic carbocycles. The Bertz CT molecular complexity index is 963. The van der Waals surface area contributed by atoms with Crippen molar-refractivity contribution in [1.29, 1.82) is 0 Å². The van der Waals surface area contributed by atoms with Crippen LogP contribution in [-0.2, 0) is 16.1 Å². The van der Waals surface area contributed by atoms with Crippen LogP contribution in [0.15, 0.2) is 42.5 Å². The zero-order chi connectivity index (χ0) is 24.0. The van der Waals surface area contributed by atoms with Crippen molar-refractivity contribution in [3.63, 3.8) is 0 Å². The van der Waals surface area contributed by atoms with Crippen LogP contribution in [0.1, 0.15) is 62.6 Å². The summed E-state index contributed by atoms with van der Waals surface area (Å²) in [7, 11) is 0. The van der Waals surface area contributed by atoms with Crippen LogP contribution in [0.2, 0.25) is 0 Å². The number of carboxylic acid groups (broad SMARTS) is 1. The highest BCUT2D eigenvalue weighted by Crippen LogP contribution is 2.26. The number of ether oxygens (including phenoxy) is 1. The van der Waals surface area contributed by atoms with Crippen molar-refractivity contribution < 1.29 is 19.4 Å². The summed E-state index contributed by atoms with van der Waals surface area (Å²) in [6, 6.07) is 13.9. The van der Waals surface area contributed by atoms with Crippen molar-refractivity contribution in [3.8, 4) is 5.75 Å². The van der Waals surface area contributed by atoms with Gasteiger partial charge in [-0.2, -0.15) is 0 Å². The Kier molecular flexibility index (Phi) is 8.14. The number of nitrogens with zero attached hydrogens (tertiary/aromatic N) is 1. The van der Waals surface area contributed by atoms with E-state index in [2.05, 4.69) is 16.3 Å². The lowest BCUT2D eigenvalue weighted by Crippen LogP contribution is -2.41. The molecule has 1 saturated carbocycles. The summed E-state index contributed by atoms with van der Waals surface area (Å²) in [5, 5.41) is 12.4. The van der Waals surface area contributed by atoms with Crippen molar-refractivity contribution in [3.05, 3.63) is 59.2 Å². The fourth-order valence-corrected chi connectivity index (χ4v) is 4.32. The first-order valence-electron chi connectivity index (χ1n) is 11.8. The lowest BCUT2D eigenvalue weighted by atomic mass is 9.93. The number of amides is 1. The van der Waals surface area contributed by atoms with Crippen molar-refractivity contribution in [2.24, 2.45) is 0 Å². The van der Waals surface area contributed by atoms with Gasteiger partial charge < -0.3 is 15.2 Å². The first-order valence-corrected chi connectivity index (χ1v) is 11.8. The van der Waals surface area contributed by atoms with E-state index in [-0.39, 0.29) is 5.91 Å². The van der Waals surface area contributed by atoms with Gasteiger partial charge >= 0.3 is 5.97 Å². The molecule has 0 unspecified atom stereocenters. The number of benzene rings is 2. The topological polar surface area (TPSA) is 78.9 Å². The van der Waals surface area contributed by atoms with E-state index in [1.807, 2.05) is 38.1 Å². The molecule has 0 spiro atoms. The van der Waals surface area contributed by atoms with Crippen LogP contribution >= 0.6 is 0 Å². The fourth-order valence-electron chi connectivity index (χ4n) is 4.32. The van der Waals surface area contributed by atoms with Crippen molar-refractivity contribution in [1.82, 2.24) is 4.90 Å². The standard InChI is InChI=1S/C27H36N2O4/c1-19-10-15-24(20(2)16-19)28-25(30)18-29(22-8-6-5-7-9-22)17-21-11-13-23(14-12-21)33-27(3,4)26(31)32/h10-16,22H,5-9,17-18H2,1-4H3,(H,28,30)(H,31,32). The van der Waals surface area contributed by atoms with Crippen molar-refractivity contribution in [2.75, 3.05) is 11.9 Å². The summed E-state index contributed by atoms with van der Waals surface area (Å²) >= 11 is 0. The first-order chi connectivity index (χ1) is 15.6. The average Bonchev–Trinajstić information content (AvgIpc) is 2.77. The predicted molar refractivity (Wildman–Crippen MR) is 131 cm³/mol. The second-order valence-electron chi connectivity index (χ2n) is 9.62. The normalized spacial score (nSPS) is 14.8. The van der Waals surface area contributed by atoms with E-state index >= 15 is 0 Å². The number of carbonyl (C=O) groups excluding carboxylic acids is 1. The van der Waals surface area contributed by atoms with Gasteiger partial charge in [0.05, 0.1) is 6.54 Å². The number of rotatable bonds is 9. The molecule has 0 bridgehead atoms. The van der Waals surface area contributed by atoms with Crippen molar-refractivity contribution >= 4 is 17.6 Å². The summed E-state index contributed by atoms with van der Waals surface area (Å²) in [5.41, 5.74) is 2.88. The number of nitrogens with one attached hydrogen (secondary N) is 1. The Morgan fingerprint density at radius 3 is 2.33 bits per heavy atom. The lowest BCUT2D eigenvalue weighted by molar-refractivity contribution is -0.152. The monoisotopic (exact) mass is 452 g/mol. The van der Waals surface area contributed by atoms with Gasteiger partial charge in [0.15, 0.2) is 5.60 Å². The maximum Gasteiger partial charge on any atom is 0.347 e. The van der Waals surface area contributed by atoms with E-state index in [1.54, 1.807) is 12.1 Å². The molecule has 6 heteroatoms. The minimum absolute atomic E-state index is 0.00399. The zero-order valence-electron chi connectivity index (χ0n) is 20.2. The van der Waals surface area contributed by atoms with Crippen LogP contribution in [0.25, 0.3) is 0 Å². The third-order valence-electron chi connectivity index (χ3n) is 6.29. The SMILES string of the molecule is Cc1ccc(NC(=O)CN(Cc2ccc(OC(C)(C)C(=O)O)cc2)C2CCCCC2)c(C)c1. The van der Waals surface area contributed by atoms with E-state index < -0.39 is 11.6 Å². The number of carboxylic acids is 1. The molecule has 0 aromatic heterocycles. The molecule has 0 radical (unpaired) electrons. The maximum absolute atomic E-state index is 12.9. The molecule has 0 aliphatic heterocycles. The molecule has 0 saturated heterocycles. The number of carbonyl (C=O) groups is 2. The Balaban J connectivity index is 1.69. The Morgan fingerprint density at radius 1 is 1.06 bits per heavy atom. The number of hydrogen-bond donors (Lipinski definition) is 2. The fraction of sp³-hybridized carbons (Fsp3) is 0.481. The quantitative estimate of drug-likeness (QED) is 0.538. The number of anilines is 1. The summed E-state index contributed by atoms with van der Waals surface area (Å²) in [5.74, 6) is -0.497. The second-order valence-corrected chi connectivity index (χ2v) is 9.62. The van der Waals surface area contributed by atoms with Crippen LogP contribution in [0.3, 0.4) is 0 Å². The third kappa shape index (κ3) is 7.06. The van der Waals surface area contributed by atoms with Gasteiger partial charge in [0.2, 0.25) is 5.91 Å². The molecule has 2 aromatic carbocycles. The van der Waals surface area contributed by atoms with Gasteiger partial charge in [-0.25, -0.2) is 4.79 Å². The molecule has 0 heterocycles. The molecule has 3 rings (SSSR count). The smallest absolute Gasteiger partial charge is 0.347 e. The molecule has 6 nitrogen and oxygen atoms in total. The van der Waals surface area contributed by atoms with Crippen LogP contribution in [-0.4, -0.2) is 40.1 Å². The van der Waals surface area contributed by atoms with Gasteiger partial charge in [-0.05, 0) is 69.9 Å². The molecule has 2 N–H and O–H groups in total. The Hall–Kier alpha value is -2.86. The van der Waals surface area contributed by atoms with Crippen LogP contribution in [0.4, 0.5) is 5.69 Å². The highest BCUT2D eigenvalue weighted by Gasteiger charge is 2.29. The first kappa shape index (κ1) is 24.8. The minimum atomic E-state index is -1.29. The Labute approximate surface area is 196 Å². The number of hydrogen-bond acceptors (Lipinski definition) is 4. The van der Waals surface area contributed by atoms with E-state index in [9.17, 15) is 14.7 Å². The molecule has 2 aromatic rings. The van der Waals surface area contributed by atoms with Gasteiger partial charge in [0.25, 0.3) is 0 Å². The van der Waals surface area contributed by atoms with E-state index in [0.717, 1.165) is 29.7 Å². The third-order valence-corrected chi connectivity index (χ3v) is 6.29. The van der Waals surface area contributed by atoms with E-state index in [0.29, 0.717) is 24.9 Å². The second kappa shape index (κ2) is 10.8. The van der Waals surface area contributed by atoms with E-state index in [1.165, 1.54) is 38.7 Å². The number of aryl methyl sites for hydroxylation is 2. The molecule has 33 heavy (non-hydrogen) atoms. The van der Waals surface area contributed by atoms with Crippen LogP contribution in [0.5, 0.6) is 5.75 Å². The maximum atomic E-state index is 12.9. The minimum Gasteiger partial charge on any atom is -0.478 e.